The zero-order valence-electron chi connectivity index (χ0n) is 14.9. The molecule has 0 aliphatic carbocycles. The van der Waals surface area contributed by atoms with Crippen molar-refractivity contribution in [1.29, 1.82) is 0 Å². The van der Waals surface area contributed by atoms with E-state index in [1.165, 1.54) is 6.08 Å². The molecule has 6 nitrogen and oxygen atoms in total. The largest absolute Gasteiger partial charge is 0.493 e. The van der Waals surface area contributed by atoms with Crippen molar-refractivity contribution in [2.24, 2.45) is 0 Å². The molecule has 0 atom stereocenters. The number of carbonyl (C=O) groups excluding carboxylic acids is 1. The van der Waals surface area contributed by atoms with Gasteiger partial charge in [-0.15, -0.1) is 0 Å². The summed E-state index contributed by atoms with van der Waals surface area (Å²) in [4.78, 5) is 22.1. The van der Waals surface area contributed by atoms with Gasteiger partial charge < -0.3 is 19.9 Å². The van der Waals surface area contributed by atoms with E-state index < -0.39 is 5.97 Å². The van der Waals surface area contributed by atoms with E-state index in [1.807, 2.05) is 18.2 Å². The second-order valence-electron chi connectivity index (χ2n) is 5.59. The van der Waals surface area contributed by atoms with Gasteiger partial charge in [0.25, 0.3) is 0 Å². The summed E-state index contributed by atoms with van der Waals surface area (Å²) >= 11 is 0. The van der Waals surface area contributed by atoms with Crippen LogP contribution < -0.4 is 14.8 Å². The van der Waals surface area contributed by atoms with E-state index in [0.29, 0.717) is 31.1 Å². The number of hydrogen-bond donors (Lipinski definition) is 2. The van der Waals surface area contributed by atoms with Crippen LogP contribution in [0.2, 0.25) is 0 Å². The second-order valence-corrected chi connectivity index (χ2v) is 5.59. The molecule has 0 fully saturated rings. The van der Waals surface area contributed by atoms with Crippen LogP contribution in [0, 0.1) is 0 Å². The number of unbranched alkanes of at least 4 members (excludes halogenated alkanes) is 2. The van der Waals surface area contributed by atoms with E-state index >= 15 is 0 Å². The molecule has 0 saturated carbocycles. The number of carboxylic acid groups (broad SMARTS) is 1. The molecule has 0 aromatic heterocycles. The summed E-state index contributed by atoms with van der Waals surface area (Å²) in [6, 6.07) is 5.49. The molecular weight excluding hydrogens is 322 g/mol. The first kappa shape index (κ1) is 20.5. The molecular formula is C19H27NO5. The van der Waals surface area contributed by atoms with Gasteiger partial charge in [-0.3, -0.25) is 9.59 Å². The fourth-order valence-electron chi connectivity index (χ4n) is 2.12. The number of ether oxygens (including phenoxy) is 2. The van der Waals surface area contributed by atoms with E-state index in [1.54, 1.807) is 13.2 Å². The maximum Gasteiger partial charge on any atom is 0.303 e. The second kappa shape index (κ2) is 11.9. The number of amides is 1. The average Bonchev–Trinajstić information content (AvgIpc) is 2.61. The summed E-state index contributed by atoms with van der Waals surface area (Å²) in [6.07, 6.45) is 6.82. The molecule has 1 amide bonds. The van der Waals surface area contributed by atoms with Crippen LogP contribution in [-0.4, -0.2) is 37.2 Å². The highest BCUT2D eigenvalue weighted by atomic mass is 16.5. The Morgan fingerprint density at radius 1 is 1.20 bits per heavy atom. The van der Waals surface area contributed by atoms with E-state index in [4.69, 9.17) is 14.6 Å². The molecule has 1 rings (SSSR count). The van der Waals surface area contributed by atoms with Gasteiger partial charge in [-0.25, -0.2) is 0 Å². The molecule has 0 aliphatic heterocycles. The fourth-order valence-corrected chi connectivity index (χ4v) is 2.12. The van der Waals surface area contributed by atoms with Gasteiger partial charge in [0.2, 0.25) is 5.91 Å². The third-order valence-electron chi connectivity index (χ3n) is 3.49. The van der Waals surface area contributed by atoms with Crippen LogP contribution in [0.5, 0.6) is 11.5 Å². The molecule has 138 valence electrons. The van der Waals surface area contributed by atoms with E-state index in [2.05, 4.69) is 12.2 Å². The number of benzene rings is 1. The van der Waals surface area contributed by atoms with Crippen LogP contribution in [0.4, 0.5) is 0 Å². The molecule has 0 spiro atoms. The molecule has 1 aromatic rings. The van der Waals surface area contributed by atoms with E-state index in [-0.39, 0.29) is 12.3 Å². The highest BCUT2D eigenvalue weighted by molar-refractivity contribution is 5.91. The summed E-state index contributed by atoms with van der Waals surface area (Å²) in [7, 11) is 1.58. The minimum Gasteiger partial charge on any atom is -0.493 e. The van der Waals surface area contributed by atoms with E-state index in [9.17, 15) is 9.59 Å². The van der Waals surface area contributed by atoms with Crippen molar-refractivity contribution in [1.82, 2.24) is 5.32 Å². The van der Waals surface area contributed by atoms with Crippen LogP contribution >= 0.6 is 0 Å². The van der Waals surface area contributed by atoms with Crippen LogP contribution in [0.3, 0.4) is 0 Å². The Kier molecular flexibility index (Phi) is 9.82. The van der Waals surface area contributed by atoms with Crippen molar-refractivity contribution < 1.29 is 24.2 Å². The first-order valence-electron chi connectivity index (χ1n) is 8.55. The molecule has 0 unspecified atom stereocenters. The first-order chi connectivity index (χ1) is 12.1. The lowest BCUT2D eigenvalue weighted by molar-refractivity contribution is -0.137. The lowest BCUT2D eigenvalue weighted by atomic mass is 10.2. The Hall–Kier alpha value is -2.50. The highest BCUT2D eigenvalue weighted by Gasteiger charge is 2.05. The van der Waals surface area contributed by atoms with Crippen molar-refractivity contribution >= 4 is 18.0 Å². The minimum absolute atomic E-state index is 0.0426. The molecule has 0 radical (unpaired) electrons. The van der Waals surface area contributed by atoms with Gasteiger partial charge in [-0.2, -0.15) is 0 Å². The molecule has 25 heavy (non-hydrogen) atoms. The normalized spacial score (nSPS) is 10.6. The first-order valence-corrected chi connectivity index (χ1v) is 8.55. The Morgan fingerprint density at radius 2 is 2.00 bits per heavy atom. The average molecular weight is 349 g/mol. The quantitative estimate of drug-likeness (QED) is 0.447. The zero-order chi connectivity index (χ0) is 18.5. The predicted octanol–water partition coefficient (Wildman–Crippen LogP) is 3.26. The number of carboxylic acids is 1. The SMILES string of the molecule is CCCCCOc1ccc(/C=C/C(=O)NCCCC(=O)O)cc1OC. The Bertz CT molecular complexity index is 583. The molecule has 0 saturated heterocycles. The van der Waals surface area contributed by atoms with Crippen molar-refractivity contribution in [2.75, 3.05) is 20.3 Å². The highest BCUT2D eigenvalue weighted by Crippen LogP contribution is 2.28. The van der Waals surface area contributed by atoms with Crippen LogP contribution in [0.1, 0.15) is 44.6 Å². The van der Waals surface area contributed by atoms with Gasteiger partial charge in [0.1, 0.15) is 0 Å². The monoisotopic (exact) mass is 349 g/mol. The maximum absolute atomic E-state index is 11.7. The van der Waals surface area contributed by atoms with Crippen LogP contribution in [0.25, 0.3) is 6.08 Å². The topological polar surface area (TPSA) is 84.9 Å². The number of hydrogen-bond acceptors (Lipinski definition) is 4. The van der Waals surface area contributed by atoms with Crippen molar-refractivity contribution in [3.63, 3.8) is 0 Å². The lowest BCUT2D eigenvalue weighted by Gasteiger charge is -2.11. The summed E-state index contributed by atoms with van der Waals surface area (Å²) in [6.45, 7) is 3.13. The third kappa shape index (κ3) is 8.79. The van der Waals surface area contributed by atoms with Gasteiger partial charge in [0.15, 0.2) is 11.5 Å². The summed E-state index contributed by atoms with van der Waals surface area (Å²) in [5, 5.41) is 11.2. The smallest absolute Gasteiger partial charge is 0.303 e. The van der Waals surface area contributed by atoms with Crippen LogP contribution in [-0.2, 0) is 9.59 Å². The minimum atomic E-state index is -0.867. The summed E-state index contributed by atoms with van der Waals surface area (Å²) < 4.78 is 11.1. The fraction of sp³-hybridized carbons (Fsp3) is 0.474. The number of methoxy groups -OCH3 is 1. The summed E-state index contributed by atoms with van der Waals surface area (Å²) in [5.41, 5.74) is 0.818. The van der Waals surface area contributed by atoms with Gasteiger partial charge >= 0.3 is 5.97 Å². The Labute approximate surface area is 148 Å². The van der Waals surface area contributed by atoms with Gasteiger partial charge in [-0.05, 0) is 36.6 Å². The molecule has 6 heteroatoms. The van der Waals surface area contributed by atoms with Crippen molar-refractivity contribution in [3.8, 4) is 11.5 Å². The zero-order valence-corrected chi connectivity index (χ0v) is 14.9. The van der Waals surface area contributed by atoms with Crippen molar-refractivity contribution in [2.45, 2.75) is 39.0 Å². The molecule has 0 bridgehead atoms. The molecule has 0 heterocycles. The third-order valence-corrected chi connectivity index (χ3v) is 3.49. The lowest BCUT2D eigenvalue weighted by Crippen LogP contribution is -2.22. The Morgan fingerprint density at radius 3 is 2.68 bits per heavy atom. The molecule has 1 aromatic carbocycles. The maximum atomic E-state index is 11.7. The predicted molar refractivity (Wildman–Crippen MR) is 96.9 cm³/mol. The number of aliphatic carboxylic acids is 1. The standard InChI is InChI=1S/C19H27NO5/c1-3-4-5-13-25-16-10-8-15(14-17(16)24-2)9-11-18(21)20-12-6-7-19(22)23/h8-11,14H,3-7,12-13H2,1-2H3,(H,20,21)(H,22,23)/b11-9+. The number of nitrogens with one attached hydrogen (secondary N) is 1. The van der Waals surface area contributed by atoms with E-state index in [0.717, 1.165) is 24.8 Å². The molecule has 0 aliphatic rings. The van der Waals surface area contributed by atoms with Gasteiger partial charge in [0, 0.05) is 19.0 Å². The molecule has 2 N–H and O–H groups in total. The number of rotatable bonds is 12. The van der Waals surface area contributed by atoms with Gasteiger partial charge in [0.05, 0.1) is 13.7 Å². The van der Waals surface area contributed by atoms with Crippen molar-refractivity contribution in [3.05, 3.63) is 29.8 Å². The number of carbonyl (C=O) groups is 2. The summed E-state index contributed by atoms with van der Waals surface area (Å²) in [5.74, 6) is 0.188. The Balaban J connectivity index is 2.52. The van der Waals surface area contributed by atoms with Crippen LogP contribution in [0.15, 0.2) is 24.3 Å². The van der Waals surface area contributed by atoms with Gasteiger partial charge in [-0.1, -0.05) is 25.8 Å².